The van der Waals surface area contributed by atoms with E-state index in [1.54, 1.807) is 24.3 Å². The molecule has 2 aromatic carbocycles. The molecule has 0 saturated heterocycles. The van der Waals surface area contributed by atoms with Gasteiger partial charge >= 0.3 is 0 Å². The molecule has 0 aliphatic heterocycles. The van der Waals surface area contributed by atoms with E-state index in [0.717, 1.165) is 16.6 Å². The zero-order chi connectivity index (χ0) is 15.4. The number of aromatic nitrogens is 1. The number of ketones is 1. The van der Waals surface area contributed by atoms with Gasteiger partial charge in [0.2, 0.25) is 5.78 Å². The Hall–Kier alpha value is -3.01. The predicted molar refractivity (Wildman–Crippen MR) is 82.9 cm³/mol. The molecule has 0 bridgehead atoms. The van der Waals surface area contributed by atoms with E-state index in [-0.39, 0.29) is 0 Å². The van der Waals surface area contributed by atoms with E-state index in [1.807, 2.05) is 36.4 Å². The second-order valence-electron chi connectivity index (χ2n) is 4.79. The molecule has 108 valence electrons. The van der Waals surface area contributed by atoms with Gasteiger partial charge in [0.1, 0.15) is 12.4 Å². The van der Waals surface area contributed by atoms with Crippen LogP contribution in [-0.2, 0) is 11.4 Å². The van der Waals surface area contributed by atoms with E-state index in [1.165, 1.54) is 0 Å². The first-order valence-electron chi connectivity index (χ1n) is 6.83. The van der Waals surface area contributed by atoms with Crippen LogP contribution in [0.15, 0.2) is 60.7 Å². The summed E-state index contributed by atoms with van der Waals surface area (Å²) in [5, 5.41) is 1.09. The van der Waals surface area contributed by atoms with Crippen LogP contribution in [0, 0.1) is 0 Å². The lowest BCUT2D eigenvalue weighted by atomic mass is 10.1. The van der Waals surface area contributed by atoms with Gasteiger partial charge in [0.05, 0.1) is 11.2 Å². The van der Waals surface area contributed by atoms with E-state index in [9.17, 15) is 9.59 Å². The number of hydrogen-bond donors (Lipinski definition) is 0. The number of benzene rings is 2. The molecule has 0 aliphatic carbocycles. The van der Waals surface area contributed by atoms with Crippen molar-refractivity contribution in [3.63, 3.8) is 0 Å². The van der Waals surface area contributed by atoms with Crippen LogP contribution in [0.3, 0.4) is 0 Å². The maximum atomic E-state index is 11.2. The summed E-state index contributed by atoms with van der Waals surface area (Å²) in [6.07, 6.45) is 0.300. The Morgan fingerprint density at radius 3 is 2.55 bits per heavy atom. The van der Waals surface area contributed by atoms with Gasteiger partial charge in [0.15, 0.2) is 6.29 Å². The van der Waals surface area contributed by atoms with E-state index in [0.29, 0.717) is 24.2 Å². The first-order valence-corrected chi connectivity index (χ1v) is 6.83. The molecule has 4 heteroatoms. The Morgan fingerprint density at radius 1 is 1.00 bits per heavy atom. The van der Waals surface area contributed by atoms with Crippen LogP contribution in [-0.4, -0.2) is 17.1 Å². The number of para-hydroxylation sites is 1. The zero-order valence-corrected chi connectivity index (χ0v) is 11.7. The third-order valence-electron chi connectivity index (χ3n) is 3.29. The number of pyridine rings is 1. The van der Waals surface area contributed by atoms with Gasteiger partial charge in [-0.15, -0.1) is 0 Å². The fraction of sp³-hybridized carbons (Fsp3) is 0.0556. The second-order valence-corrected chi connectivity index (χ2v) is 4.79. The smallest absolute Gasteiger partial charge is 0.225 e. The molecular weight excluding hydrogens is 278 g/mol. The molecular formula is C18H13NO3. The summed E-state index contributed by atoms with van der Waals surface area (Å²) in [5.74, 6) is 0.0835. The topological polar surface area (TPSA) is 56.3 Å². The van der Waals surface area contributed by atoms with Gasteiger partial charge in [-0.1, -0.05) is 24.3 Å². The van der Waals surface area contributed by atoms with Crippen molar-refractivity contribution in [3.05, 3.63) is 71.9 Å². The minimum atomic E-state index is -0.539. The first-order chi connectivity index (χ1) is 10.8. The Morgan fingerprint density at radius 2 is 1.77 bits per heavy atom. The molecule has 0 aliphatic rings. The molecule has 22 heavy (non-hydrogen) atoms. The minimum absolute atomic E-state index is 0.300. The Kier molecular flexibility index (Phi) is 3.92. The van der Waals surface area contributed by atoms with Gasteiger partial charge < -0.3 is 4.74 Å². The van der Waals surface area contributed by atoms with Crippen LogP contribution in [0.1, 0.15) is 16.1 Å². The molecule has 0 unspecified atom stereocenters. The van der Waals surface area contributed by atoms with E-state index in [2.05, 4.69) is 4.98 Å². The number of rotatable bonds is 5. The third-order valence-corrected chi connectivity index (χ3v) is 3.29. The molecule has 4 nitrogen and oxygen atoms in total. The molecule has 1 aromatic heterocycles. The van der Waals surface area contributed by atoms with E-state index < -0.39 is 5.78 Å². The molecule has 0 saturated carbocycles. The highest BCUT2D eigenvalue weighted by Crippen LogP contribution is 2.16. The lowest BCUT2D eigenvalue weighted by molar-refractivity contribution is -0.104. The summed E-state index contributed by atoms with van der Waals surface area (Å²) in [6, 6.07) is 18.3. The van der Waals surface area contributed by atoms with Crippen molar-refractivity contribution >= 4 is 23.0 Å². The second kappa shape index (κ2) is 6.18. The van der Waals surface area contributed by atoms with Crippen molar-refractivity contribution in [1.29, 1.82) is 0 Å². The van der Waals surface area contributed by atoms with Crippen LogP contribution in [0.5, 0.6) is 5.75 Å². The predicted octanol–water partition coefficient (Wildman–Crippen LogP) is 3.20. The summed E-state index contributed by atoms with van der Waals surface area (Å²) < 4.78 is 5.65. The Balaban J connectivity index is 1.70. The number of nitrogens with zero attached hydrogens (tertiary/aromatic N) is 1. The van der Waals surface area contributed by atoms with Gasteiger partial charge in [-0.25, -0.2) is 4.98 Å². The quantitative estimate of drug-likeness (QED) is 0.411. The lowest BCUT2D eigenvalue weighted by Gasteiger charge is -2.07. The highest BCUT2D eigenvalue weighted by Gasteiger charge is 2.04. The van der Waals surface area contributed by atoms with E-state index in [4.69, 9.17) is 4.74 Å². The van der Waals surface area contributed by atoms with Crippen LogP contribution >= 0.6 is 0 Å². The molecule has 1 heterocycles. The number of Topliss-reactive ketones (excluding diaryl/α,β-unsaturated/α-hetero) is 1. The maximum Gasteiger partial charge on any atom is 0.225 e. The standard InChI is InChI=1S/C18H13NO3/c20-11-18(21)14-6-9-16(10-7-14)22-12-15-8-5-13-3-1-2-4-17(13)19-15/h1-11H,12H2. The van der Waals surface area contributed by atoms with Crippen molar-refractivity contribution in [1.82, 2.24) is 4.98 Å². The van der Waals surface area contributed by atoms with Crippen LogP contribution in [0.25, 0.3) is 10.9 Å². The van der Waals surface area contributed by atoms with Crippen molar-refractivity contribution in [2.24, 2.45) is 0 Å². The van der Waals surface area contributed by atoms with Crippen LogP contribution in [0.2, 0.25) is 0 Å². The fourth-order valence-electron chi connectivity index (χ4n) is 2.13. The normalized spacial score (nSPS) is 10.4. The summed E-state index contributed by atoms with van der Waals surface area (Å²) in [7, 11) is 0. The number of fused-ring (bicyclic) bond motifs is 1. The average Bonchev–Trinajstić information content (AvgIpc) is 2.59. The average molecular weight is 291 g/mol. The number of carbonyl (C=O) groups excluding carboxylic acids is 2. The third kappa shape index (κ3) is 3.01. The SMILES string of the molecule is O=CC(=O)c1ccc(OCc2ccc3ccccc3n2)cc1. The lowest BCUT2D eigenvalue weighted by Crippen LogP contribution is -2.01. The highest BCUT2D eigenvalue weighted by molar-refractivity contribution is 6.33. The number of hydrogen-bond acceptors (Lipinski definition) is 4. The zero-order valence-electron chi connectivity index (χ0n) is 11.7. The van der Waals surface area contributed by atoms with Crippen LogP contribution < -0.4 is 4.74 Å². The van der Waals surface area contributed by atoms with Gasteiger partial charge in [0.25, 0.3) is 0 Å². The summed E-state index contributed by atoms with van der Waals surface area (Å²) in [6.45, 7) is 0.339. The van der Waals surface area contributed by atoms with Crippen molar-refractivity contribution in [3.8, 4) is 5.75 Å². The fourth-order valence-corrected chi connectivity index (χ4v) is 2.13. The minimum Gasteiger partial charge on any atom is -0.487 e. The van der Waals surface area contributed by atoms with Gasteiger partial charge in [0, 0.05) is 10.9 Å². The molecule has 0 N–H and O–H groups in total. The number of ether oxygens (including phenoxy) is 1. The van der Waals surface area contributed by atoms with Crippen molar-refractivity contribution in [2.45, 2.75) is 6.61 Å². The largest absolute Gasteiger partial charge is 0.487 e. The summed E-state index contributed by atoms with van der Waals surface area (Å²) in [5.41, 5.74) is 2.11. The molecule has 0 amide bonds. The number of aldehydes is 1. The maximum absolute atomic E-state index is 11.2. The van der Waals surface area contributed by atoms with E-state index >= 15 is 0 Å². The van der Waals surface area contributed by atoms with Crippen LogP contribution in [0.4, 0.5) is 0 Å². The van der Waals surface area contributed by atoms with Gasteiger partial charge in [-0.2, -0.15) is 0 Å². The van der Waals surface area contributed by atoms with Gasteiger partial charge in [-0.3, -0.25) is 9.59 Å². The Bertz CT molecular complexity index is 825. The number of carbonyl (C=O) groups is 2. The molecule has 0 spiro atoms. The van der Waals surface area contributed by atoms with Gasteiger partial charge in [-0.05, 0) is 36.4 Å². The highest BCUT2D eigenvalue weighted by atomic mass is 16.5. The van der Waals surface area contributed by atoms with Crippen molar-refractivity contribution in [2.75, 3.05) is 0 Å². The molecule has 3 rings (SSSR count). The summed E-state index contributed by atoms with van der Waals surface area (Å²) in [4.78, 5) is 26.2. The Labute approximate surface area is 127 Å². The molecule has 0 radical (unpaired) electrons. The molecule has 0 atom stereocenters. The monoisotopic (exact) mass is 291 g/mol. The van der Waals surface area contributed by atoms with Crippen molar-refractivity contribution < 1.29 is 14.3 Å². The summed E-state index contributed by atoms with van der Waals surface area (Å²) >= 11 is 0. The molecule has 3 aromatic rings. The molecule has 0 fully saturated rings. The first kappa shape index (κ1) is 13.9.